The number of aliphatic hydroxyl groups is 1. The zero-order valence-corrected chi connectivity index (χ0v) is 13.9. The molecule has 1 aromatic carbocycles. The Hall–Kier alpha value is -2.47. The van der Waals surface area contributed by atoms with Crippen LogP contribution in [0.3, 0.4) is 0 Å². The number of aliphatic hydroxyl groups excluding tert-OH is 1. The molecule has 1 amide bonds. The van der Waals surface area contributed by atoms with E-state index in [0.29, 0.717) is 11.3 Å². The average Bonchev–Trinajstić information content (AvgIpc) is 2.54. The molecule has 0 aliphatic carbocycles. The van der Waals surface area contributed by atoms with E-state index in [0.717, 1.165) is 0 Å². The van der Waals surface area contributed by atoms with Gasteiger partial charge in [-0.1, -0.05) is 12.1 Å². The fourth-order valence-electron chi connectivity index (χ4n) is 2.21. The Morgan fingerprint density at radius 2 is 1.88 bits per heavy atom. The van der Waals surface area contributed by atoms with Gasteiger partial charge in [0.05, 0.1) is 18.2 Å². The smallest absolute Gasteiger partial charge is 0.274 e. The third-order valence-corrected chi connectivity index (χ3v) is 3.39. The first-order chi connectivity index (χ1) is 11.4. The molecule has 0 aliphatic rings. The van der Waals surface area contributed by atoms with E-state index in [-0.39, 0.29) is 17.6 Å². The van der Waals surface area contributed by atoms with Crippen LogP contribution in [0.25, 0.3) is 0 Å². The molecule has 1 heterocycles. The van der Waals surface area contributed by atoms with Crippen molar-refractivity contribution in [3.05, 3.63) is 59.7 Å². The van der Waals surface area contributed by atoms with Crippen LogP contribution >= 0.6 is 0 Å². The zero-order valence-electron chi connectivity index (χ0n) is 13.9. The number of hydrogen-bond acceptors (Lipinski definition) is 4. The predicted octanol–water partition coefficient (Wildman–Crippen LogP) is 2.86. The van der Waals surface area contributed by atoms with E-state index in [2.05, 4.69) is 10.3 Å². The number of aromatic nitrogens is 1. The van der Waals surface area contributed by atoms with Gasteiger partial charge in [-0.3, -0.25) is 4.79 Å². The van der Waals surface area contributed by atoms with Gasteiger partial charge in [-0.25, -0.2) is 9.37 Å². The highest BCUT2D eigenvalue weighted by atomic mass is 19.1. The topological polar surface area (TPSA) is 71.5 Å². The highest BCUT2D eigenvalue weighted by molar-refractivity contribution is 5.95. The molecule has 0 fully saturated rings. The monoisotopic (exact) mass is 332 g/mol. The Morgan fingerprint density at radius 1 is 1.21 bits per heavy atom. The summed E-state index contributed by atoms with van der Waals surface area (Å²) in [6, 6.07) is 8.26. The molecule has 2 rings (SSSR count). The number of nitrogens with zero attached hydrogens (tertiary/aromatic N) is 1. The third-order valence-electron chi connectivity index (χ3n) is 3.39. The minimum absolute atomic E-state index is 0.0945. The summed E-state index contributed by atoms with van der Waals surface area (Å²) in [5.74, 6) is -0.444. The quantitative estimate of drug-likeness (QED) is 0.853. The van der Waals surface area contributed by atoms with E-state index in [1.54, 1.807) is 19.1 Å². The molecule has 2 aromatic rings. The summed E-state index contributed by atoms with van der Waals surface area (Å²) in [6.45, 7) is 5.38. The fraction of sp³-hybridized carbons (Fsp3) is 0.333. The molecule has 24 heavy (non-hydrogen) atoms. The Labute approximate surface area is 140 Å². The summed E-state index contributed by atoms with van der Waals surface area (Å²) in [7, 11) is 0. The van der Waals surface area contributed by atoms with Crippen molar-refractivity contribution in [3.63, 3.8) is 0 Å². The van der Waals surface area contributed by atoms with Crippen LogP contribution in [0.4, 0.5) is 4.39 Å². The molecular weight excluding hydrogens is 311 g/mol. The highest BCUT2D eigenvalue weighted by Crippen LogP contribution is 2.20. The van der Waals surface area contributed by atoms with Crippen molar-refractivity contribution in [3.8, 4) is 5.75 Å². The van der Waals surface area contributed by atoms with Gasteiger partial charge in [0.25, 0.3) is 5.91 Å². The van der Waals surface area contributed by atoms with E-state index < -0.39 is 18.1 Å². The number of carbonyl (C=O) groups is 1. The van der Waals surface area contributed by atoms with Crippen molar-refractivity contribution >= 4 is 5.91 Å². The molecule has 2 N–H and O–H groups in total. The van der Waals surface area contributed by atoms with Gasteiger partial charge >= 0.3 is 0 Å². The van der Waals surface area contributed by atoms with Crippen LogP contribution in [0.2, 0.25) is 0 Å². The number of hydrogen-bond donors (Lipinski definition) is 2. The molecule has 1 aromatic heterocycles. The van der Waals surface area contributed by atoms with Crippen LogP contribution in [0, 0.1) is 5.82 Å². The van der Waals surface area contributed by atoms with Crippen molar-refractivity contribution in [2.45, 2.75) is 39.0 Å². The number of carbonyl (C=O) groups excluding carboxylic acids is 1. The van der Waals surface area contributed by atoms with Gasteiger partial charge in [-0.05, 0) is 50.6 Å². The number of halogens is 1. The van der Waals surface area contributed by atoms with Gasteiger partial charge in [0.1, 0.15) is 5.82 Å². The second-order valence-corrected chi connectivity index (χ2v) is 5.78. The maximum atomic E-state index is 13.0. The van der Waals surface area contributed by atoms with Crippen LogP contribution in [0.15, 0.2) is 42.6 Å². The lowest BCUT2D eigenvalue weighted by molar-refractivity contribution is 0.0841. The SMILES string of the molecule is CC(C)Oc1cccnc1C(=O)NC(C)C(O)c1ccc(F)cc1. The van der Waals surface area contributed by atoms with Gasteiger partial charge in [-0.2, -0.15) is 0 Å². The fourth-order valence-corrected chi connectivity index (χ4v) is 2.21. The van der Waals surface area contributed by atoms with Crippen molar-refractivity contribution in [2.24, 2.45) is 0 Å². The van der Waals surface area contributed by atoms with E-state index in [9.17, 15) is 14.3 Å². The van der Waals surface area contributed by atoms with E-state index in [4.69, 9.17) is 4.74 Å². The summed E-state index contributed by atoms with van der Waals surface area (Å²) in [6.07, 6.45) is 0.444. The number of pyridine rings is 1. The second-order valence-electron chi connectivity index (χ2n) is 5.78. The number of nitrogens with one attached hydrogen (secondary N) is 1. The number of amides is 1. The Kier molecular flexibility index (Phi) is 5.87. The zero-order chi connectivity index (χ0) is 17.7. The lowest BCUT2D eigenvalue weighted by Gasteiger charge is -2.21. The van der Waals surface area contributed by atoms with Gasteiger partial charge in [0.15, 0.2) is 11.4 Å². The molecule has 5 nitrogen and oxygen atoms in total. The van der Waals surface area contributed by atoms with Crippen LogP contribution in [0.5, 0.6) is 5.75 Å². The molecule has 0 aliphatic heterocycles. The second kappa shape index (κ2) is 7.88. The maximum Gasteiger partial charge on any atom is 0.274 e. The standard InChI is InChI=1S/C18H21FN2O3/c1-11(2)24-15-5-4-10-20-16(15)18(23)21-12(3)17(22)13-6-8-14(19)9-7-13/h4-12,17,22H,1-3H3,(H,21,23). The molecule has 0 bridgehead atoms. The Bertz CT molecular complexity index is 689. The van der Waals surface area contributed by atoms with Gasteiger partial charge in [-0.15, -0.1) is 0 Å². The Morgan fingerprint density at radius 3 is 2.50 bits per heavy atom. The lowest BCUT2D eigenvalue weighted by atomic mass is 10.0. The minimum Gasteiger partial charge on any atom is -0.489 e. The van der Waals surface area contributed by atoms with Crippen LogP contribution < -0.4 is 10.1 Å². The van der Waals surface area contributed by atoms with E-state index >= 15 is 0 Å². The molecule has 128 valence electrons. The molecule has 0 saturated heterocycles. The molecule has 6 heteroatoms. The van der Waals surface area contributed by atoms with Gasteiger partial charge in [0.2, 0.25) is 0 Å². The highest BCUT2D eigenvalue weighted by Gasteiger charge is 2.22. The first-order valence-corrected chi connectivity index (χ1v) is 7.74. The molecule has 0 saturated carbocycles. The lowest BCUT2D eigenvalue weighted by Crippen LogP contribution is -2.37. The molecule has 0 spiro atoms. The number of ether oxygens (including phenoxy) is 1. The molecule has 2 unspecified atom stereocenters. The minimum atomic E-state index is -0.965. The predicted molar refractivity (Wildman–Crippen MR) is 88.3 cm³/mol. The molecule has 0 radical (unpaired) electrons. The number of benzene rings is 1. The Balaban J connectivity index is 2.10. The molecular formula is C18H21FN2O3. The normalized spacial score (nSPS) is 13.4. The summed E-state index contributed by atoms with van der Waals surface area (Å²) < 4.78 is 18.5. The first-order valence-electron chi connectivity index (χ1n) is 7.74. The summed E-state index contributed by atoms with van der Waals surface area (Å²) >= 11 is 0. The maximum absolute atomic E-state index is 13.0. The van der Waals surface area contributed by atoms with E-state index in [1.807, 2.05) is 13.8 Å². The van der Waals surface area contributed by atoms with Crippen LogP contribution in [0.1, 0.15) is 42.9 Å². The van der Waals surface area contributed by atoms with Crippen LogP contribution in [-0.4, -0.2) is 28.1 Å². The van der Waals surface area contributed by atoms with Crippen molar-refractivity contribution < 1.29 is 19.0 Å². The average molecular weight is 332 g/mol. The third kappa shape index (κ3) is 4.52. The summed E-state index contributed by atoms with van der Waals surface area (Å²) in [5, 5.41) is 13.0. The van der Waals surface area contributed by atoms with Crippen LogP contribution in [-0.2, 0) is 0 Å². The van der Waals surface area contributed by atoms with Gasteiger partial charge in [0, 0.05) is 6.20 Å². The summed E-state index contributed by atoms with van der Waals surface area (Å²) in [5.41, 5.74) is 0.674. The summed E-state index contributed by atoms with van der Waals surface area (Å²) in [4.78, 5) is 16.5. The largest absolute Gasteiger partial charge is 0.489 e. The van der Waals surface area contributed by atoms with Gasteiger partial charge < -0.3 is 15.2 Å². The van der Waals surface area contributed by atoms with Crippen molar-refractivity contribution in [1.82, 2.24) is 10.3 Å². The van der Waals surface area contributed by atoms with Crippen molar-refractivity contribution in [1.29, 1.82) is 0 Å². The molecule has 2 atom stereocenters. The van der Waals surface area contributed by atoms with Crippen molar-refractivity contribution in [2.75, 3.05) is 0 Å². The number of rotatable bonds is 6. The first kappa shape index (κ1) is 17.9. The van der Waals surface area contributed by atoms with E-state index in [1.165, 1.54) is 30.5 Å².